The van der Waals surface area contributed by atoms with E-state index in [4.69, 9.17) is 0 Å². The number of ether oxygens (including phenoxy) is 1. The lowest BCUT2D eigenvalue weighted by Crippen LogP contribution is -2.72. The van der Waals surface area contributed by atoms with Crippen LogP contribution < -0.4 is 10.6 Å². The molecule has 0 radical (unpaired) electrons. The molecule has 0 aromatic heterocycles. The van der Waals surface area contributed by atoms with Crippen LogP contribution >= 0.6 is 0 Å². The number of hydrogen-bond donors (Lipinski definition) is 2. The van der Waals surface area contributed by atoms with Crippen molar-refractivity contribution in [2.24, 2.45) is 0 Å². The van der Waals surface area contributed by atoms with Gasteiger partial charge in [-0.2, -0.15) is 26.3 Å². The van der Waals surface area contributed by atoms with Crippen LogP contribution in [0.4, 0.5) is 36.8 Å². The molecule has 0 unspecified atom stereocenters. The Morgan fingerprint density at radius 1 is 1.04 bits per heavy atom. The van der Waals surface area contributed by atoms with E-state index in [-0.39, 0.29) is 6.61 Å². The SMILES string of the molecule is CCCCOC(=O)NC(Nc1ccc(C)cc1)(C(F)(F)F)C(F)(F)F. The highest BCUT2D eigenvalue weighted by Crippen LogP contribution is 2.43. The second-order valence-corrected chi connectivity index (χ2v) is 5.35. The first-order chi connectivity index (χ1) is 11.4. The lowest BCUT2D eigenvalue weighted by atomic mass is 10.1. The van der Waals surface area contributed by atoms with Gasteiger partial charge in [-0.05, 0) is 25.5 Å². The Kier molecular flexibility index (Phi) is 6.55. The van der Waals surface area contributed by atoms with Crippen molar-refractivity contribution < 1.29 is 35.9 Å². The Labute approximate surface area is 140 Å². The van der Waals surface area contributed by atoms with Crippen LogP contribution in [0.2, 0.25) is 0 Å². The quantitative estimate of drug-likeness (QED) is 0.430. The Bertz CT molecular complexity index is 555. The Balaban J connectivity index is 3.19. The smallest absolute Gasteiger partial charge is 0.439 e. The summed E-state index contributed by atoms with van der Waals surface area (Å²) in [4.78, 5) is 11.5. The molecule has 4 nitrogen and oxygen atoms in total. The van der Waals surface area contributed by atoms with Crippen molar-refractivity contribution in [1.29, 1.82) is 0 Å². The maximum Gasteiger partial charge on any atom is 0.439 e. The Hall–Kier alpha value is -2.13. The molecule has 0 aliphatic heterocycles. The van der Waals surface area contributed by atoms with Gasteiger partial charge in [-0.15, -0.1) is 0 Å². The fourth-order valence-electron chi connectivity index (χ4n) is 1.83. The van der Waals surface area contributed by atoms with E-state index in [9.17, 15) is 31.1 Å². The number of anilines is 1. The lowest BCUT2D eigenvalue weighted by molar-refractivity contribution is -0.294. The van der Waals surface area contributed by atoms with Crippen molar-refractivity contribution in [3.8, 4) is 0 Å². The standard InChI is InChI=1S/C15H18F6N2O2/c1-3-4-9-25-12(24)23-13(14(16,17)18,15(19,20)21)22-11-7-5-10(2)6-8-11/h5-8,22H,3-4,9H2,1-2H3,(H,23,24). The maximum atomic E-state index is 13.3. The van der Waals surface area contributed by atoms with Gasteiger partial charge in [-0.3, -0.25) is 5.32 Å². The van der Waals surface area contributed by atoms with Crippen molar-refractivity contribution in [2.75, 3.05) is 11.9 Å². The minimum atomic E-state index is -5.88. The number of hydrogen-bond acceptors (Lipinski definition) is 3. The highest BCUT2D eigenvalue weighted by atomic mass is 19.4. The molecular weight excluding hydrogens is 354 g/mol. The van der Waals surface area contributed by atoms with Crippen molar-refractivity contribution in [1.82, 2.24) is 5.32 Å². The first-order valence-electron chi connectivity index (χ1n) is 7.36. The summed E-state index contributed by atoms with van der Waals surface area (Å²) >= 11 is 0. The molecule has 0 atom stereocenters. The van der Waals surface area contributed by atoms with Crippen molar-refractivity contribution in [2.45, 2.75) is 44.7 Å². The van der Waals surface area contributed by atoms with Crippen LogP contribution in [0.1, 0.15) is 25.3 Å². The molecule has 25 heavy (non-hydrogen) atoms. The van der Waals surface area contributed by atoms with Crippen LogP contribution in [0.5, 0.6) is 0 Å². The first kappa shape index (κ1) is 20.9. The molecule has 1 amide bonds. The molecule has 0 spiro atoms. The molecule has 0 saturated carbocycles. The number of carbonyl (C=O) groups is 1. The monoisotopic (exact) mass is 372 g/mol. The normalized spacial score (nSPS) is 12.6. The molecule has 0 bridgehead atoms. The second kappa shape index (κ2) is 7.83. The van der Waals surface area contributed by atoms with Crippen LogP contribution in [-0.2, 0) is 4.74 Å². The van der Waals surface area contributed by atoms with Gasteiger partial charge in [-0.1, -0.05) is 31.0 Å². The molecule has 0 fully saturated rings. The van der Waals surface area contributed by atoms with Gasteiger partial charge in [-0.25, -0.2) is 4.79 Å². The van der Waals surface area contributed by atoms with Gasteiger partial charge in [0, 0.05) is 5.69 Å². The molecule has 1 aromatic carbocycles. The highest BCUT2D eigenvalue weighted by Gasteiger charge is 2.73. The van der Waals surface area contributed by atoms with Crippen LogP contribution in [-0.4, -0.2) is 30.7 Å². The van der Waals surface area contributed by atoms with E-state index in [2.05, 4.69) is 4.74 Å². The predicted molar refractivity (Wildman–Crippen MR) is 79.0 cm³/mol. The van der Waals surface area contributed by atoms with Crippen LogP contribution in [0.3, 0.4) is 0 Å². The lowest BCUT2D eigenvalue weighted by Gasteiger charge is -2.38. The number of rotatable bonds is 6. The third-order valence-electron chi connectivity index (χ3n) is 3.25. The molecule has 0 saturated heterocycles. The number of benzene rings is 1. The third-order valence-corrected chi connectivity index (χ3v) is 3.25. The topological polar surface area (TPSA) is 50.4 Å². The van der Waals surface area contributed by atoms with E-state index in [0.29, 0.717) is 18.4 Å². The summed E-state index contributed by atoms with van der Waals surface area (Å²) in [5.41, 5.74) is -4.50. The van der Waals surface area contributed by atoms with Gasteiger partial charge in [0.2, 0.25) is 0 Å². The maximum absolute atomic E-state index is 13.3. The minimum absolute atomic E-state index is 0.293. The van der Waals surface area contributed by atoms with Gasteiger partial charge in [0.05, 0.1) is 6.61 Å². The summed E-state index contributed by atoms with van der Waals surface area (Å²) in [6, 6.07) is 4.76. The molecule has 142 valence electrons. The molecule has 1 aromatic rings. The molecule has 0 heterocycles. The number of nitrogens with one attached hydrogen (secondary N) is 2. The summed E-state index contributed by atoms with van der Waals surface area (Å²) in [5.74, 6) is 0. The molecular formula is C15H18F6N2O2. The van der Waals surface area contributed by atoms with Gasteiger partial charge < -0.3 is 10.1 Å². The van der Waals surface area contributed by atoms with Gasteiger partial charge in [0.15, 0.2) is 0 Å². The number of carbonyl (C=O) groups excluding carboxylic acids is 1. The van der Waals surface area contributed by atoms with Crippen LogP contribution in [0, 0.1) is 6.92 Å². The average molecular weight is 372 g/mol. The zero-order valence-corrected chi connectivity index (χ0v) is 13.5. The van der Waals surface area contributed by atoms with E-state index in [1.165, 1.54) is 17.4 Å². The zero-order chi connectivity index (χ0) is 19.3. The molecule has 10 heteroatoms. The second-order valence-electron chi connectivity index (χ2n) is 5.35. The summed E-state index contributed by atoms with van der Waals surface area (Å²) in [7, 11) is 0. The average Bonchev–Trinajstić information content (AvgIpc) is 2.46. The highest BCUT2D eigenvalue weighted by molar-refractivity contribution is 5.69. The first-order valence-corrected chi connectivity index (χ1v) is 7.36. The van der Waals surface area contributed by atoms with Crippen molar-refractivity contribution in [3.05, 3.63) is 29.8 Å². The Morgan fingerprint density at radius 3 is 2.00 bits per heavy atom. The summed E-state index contributed by atoms with van der Waals surface area (Å²) in [6.45, 7) is 3.04. The number of unbranched alkanes of at least 4 members (excludes halogenated alkanes) is 1. The zero-order valence-electron chi connectivity index (χ0n) is 13.5. The molecule has 2 N–H and O–H groups in total. The summed E-state index contributed by atoms with van der Waals surface area (Å²) in [5, 5.41) is 2.27. The predicted octanol–water partition coefficient (Wildman–Crippen LogP) is 4.75. The number of alkyl halides is 6. The fourth-order valence-corrected chi connectivity index (χ4v) is 1.83. The Morgan fingerprint density at radius 2 is 1.56 bits per heavy atom. The van der Waals surface area contributed by atoms with E-state index in [0.717, 1.165) is 17.4 Å². The van der Waals surface area contributed by atoms with E-state index in [1.807, 2.05) is 0 Å². The summed E-state index contributed by atoms with van der Waals surface area (Å²) in [6.07, 6.45) is -12.7. The number of alkyl carbamates (subject to hydrolysis) is 1. The fraction of sp³-hybridized carbons (Fsp3) is 0.533. The minimum Gasteiger partial charge on any atom is -0.450 e. The van der Waals surface area contributed by atoms with Gasteiger partial charge in [0.1, 0.15) is 0 Å². The van der Waals surface area contributed by atoms with Gasteiger partial charge in [0.25, 0.3) is 0 Å². The van der Waals surface area contributed by atoms with E-state index in [1.54, 1.807) is 13.8 Å². The third kappa shape index (κ3) is 5.17. The van der Waals surface area contributed by atoms with Crippen LogP contribution in [0.25, 0.3) is 0 Å². The number of halogens is 6. The van der Waals surface area contributed by atoms with Crippen molar-refractivity contribution >= 4 is 11.8 Å². The number of aryl methyl sites for hydroxylation is 1. The molecule has 1 rings (SSSR count). The molecule has 0 aliphatic rings. The van der Waals surface area contributed by atoms with E-state index >= 15 is 0 Å². The van der Waals surface area contributed by atoms with Gasteiger partial charge >= 0.3 is 24.1 Å². The molecule has 0 aliphatic carbocycles. The van der Waals surface area contributed by atoms with E-state index < -0.39 is 29.8 Å². The van der Waals surface area contributed by atoms with Crippen LogP contribution in [0.15, 0.2) is 24.3 Å². The largest absolute Gasteiger partial charge is 0.450 e. The number of amides is 1. The summed E-state index contributed by atoms with van der Waals surface area (Å²) < 4.78 is 84.4. The van der Waals surface area contributed by atoms with Crippen molar-refractivity contribution in [3.63, 3.8) is 0 Å².